The van der Waals surface area contributed by atoms with E-state index in [2.05, 4.69) is 34.9 Å². The molecule has 0 saturated carbocycles. The number of rotatable bonds is 10. The van der Waals surface area contributed by atoms with Crippen LogP contribution in [0.15, 0.2) is 48.5 Å². The topological polar surface area (TPSA) is 105 Å². The first kappa shape index (κ1) is 23.3. The Hall–Kier alpha value is -3.35. The standard InChI is InChI=1S/C25H30N2O5/c1-3-16(24(30)27-17(4-2)13-23(28)29)14-26-25(31)32-15-22-20-11-7-5-9-18(20)19-10-6-8-12-21(19)22/h5-12,16-17,22H,3-4,13-15H2,1-2H3,(H,26,31)(H,27,30)(H,28,29)/t16?,17-/m1/s1. The van der Waals surface area contributed by atoms with Gasteiger partial charge in [-0.15, -0.1) is 0 Å². The first-order chi connectivity index (χ1) is 15.4. The number of amides is 2. The Labute approximate surface area is 188 Å². The van der Waals surface area contributed by atoms with Gasteiger partial charge in [-0.05, 0) is 35.1 Å². The van der Waals surface area contributed by atoms with Crippen LogP contribution in [0.5, 0.6) is 0 Å². The molecular formula is C25H30N2O5. The van der Waals surface area contributed by atoms with E-state index in [0.717, 1.165) is 22.3 Å². The lowest BCUT2D eigenvalue weighted by atomic mass is 9.98. The summed E-state index contributed by atoms with van der Waals surface area (Å²) in [5.74, 6) is -1.71. The highest BCUT2D eigenvalue weighted by Crippen LogP contribution is 2.44. The van der Waals surface area contributed by atoms with Gasteiger partial charge in [0.25, 0.3) is 0 Å². The Morgan fingerprint density at radius 2 is 1.56 bits per heavy atom. The summed E-state index contributed by atoms with van der Waals surface area (Å²) in [6.07, 6.45) is 0.335. The molecule has 0 spiro atoms. The summed E-state index contributed by atoms with van der Waals surface area (Å²) in [6.45, 7) is 4.01. The Balaban J connectivity index is 1.54. The molecule has 0 aromatic heterocycles. The van der Waals surface area contributed by atoms with E-state index in [1.807, 2.05) is 38.1 Å². The van der Waals surface area contributed by atoms with Crippen molar-refractivity contribution in [1.82, 2.24) is 10.6 Å². The van der Waals surface area contributed by atoms with E-state index in [1.165, 1.54) is 0 Å². The van der Waals surface area contributed by atoms with E-state index in [0.29, 0.717) is 12.8 Å². The Morgan fingerprint density at radius 3 is 2.09 bits per heavy atom. The molecule has 0 saturated heterocycles. The van der Waals surface area contributed by atoms with Crippen LogP contribution in [-0.4, -0.2) is 42.3 Å². The lowest BCUT2D eigenvalue weighted by molar-refractivity contribution is -0.137. The number of carbonyl (C=O) groups is 3. The molecule has 1 unspecified atom stereocenters. The summed E-state index contributed by atoms with van der Waals surface area (Å²) >= 11 is 0. The normalized spacial score (nSPS) is 14.1. The van der Waals surface area contributed by atoms with Crippen molar-refractivity contribution < 1.29 is 24.2 Å². The molecule has 0 radical (unpaired) electrons. The molecule has 0 aliphatic heterocycles. The Morgan fingerprint density at radius 1 is 0.969 bits per heavy atom. The zero-order valence-corrected chi connectivity index (χ0v) is 18.5. The van der Waals surface area contributed by atoms with Crippen LogP contribution >= 0.6 is 0 Å². The van der Waals surface area contributed by atoms with Crippen LogP contribution in [-0.2, 0) is 14.3 Å². The van der Waals surface area contributed by atoms with Crippen molar-refractivity contribution in [1.29, 1.82) is 0 Å². The second-order valence-corrected chi connectivity index (χ2v) is 8.02. The SMILES string of the molecule is CCC(CNC(=O)OCC1c2ccccc2-c2ccccc21)C(=O)N[C@H](CC)CC(=O)O. The van der Waals surface area contributed by atoms with Crippen LogP contribution in [0, 0.1) is 5.92 Å². The molecule has 1 aliphatic carbocycles. The summed E-state index contributed by atoms with van der Waals surface area (Å²) in [7, 11) is 0. The number of hydrogen-bond donors (Lipinski definition) is 3. The zero-order chi connectivity index (χ0) is 23.1. The van der Waals surface area contributed by atoms with Crippen molar-refractivity contribution in [3.05, 3.63) is 59.7 Å². The summed E-state index contributed by atoms with van der Waals surface area (Å²) < 4.78 is 5.51. The maximum Gasteiger partial charge on any atom is 0.407 e. The molecule has 0 heterocycles. The van der Waals surface area contributed by atoms with E-state index < -0.39 is 24.0 Å². The quantitative estimate of drug-likeness (QED) is 0.521. The molecule has 2 amide bonds. The Bertz CT molecular complexity index is 929. The van der Waals surface area contributed by atoms with Crippen LogP contribution in [0.2, 0.25) is 0 Å². The summed E-state index contributed by atoms with van der Waals surface area (Å²) in [6, 6.07) is 15.8. The van der Waals surface area contributed by atoms with Gasteiger partial charge in [0.1, 0.15) is 6.61 Å². The monoisotopic (exact) mass is 438 g/mol. The minimum atomic E-state index is -0.957. The maximum absolute atomic E-state index is 12.5. The predicted octanol–water partition coefficient (Wildman–Crippen LogP) is 3.92. The van der Waals surface area contributed by atoms with Gasteiger partial charge < -0.3 is 20.5 Å². The summed E-state index contributed by atoms with van der Waals surface area (Å²) in [5, 5.41) is 14.4. The third-order valence-corrected chi connectivity index (χ3v) is 5.96. The number of carboxylic acids is 1. The number of aliphatic carboxylic acids is 1. The highest BCUT2D eigenvalue weighted by atomic mass is 16.5. The lowest BCUT2D eigenvalue weighted by Crippen LogP contribution is -2.43. The summed E-state index contributed by atoms with van der Waals surface area (Å²) in [4.78, 5) is 35.7. The first-order valence-corrected chi connectivity index (χ1v) is 11.1. The second-order valence-electron chi connectivity index (χ2n) is 8.02. The summed E-state index contributed by atoms with van der Waals surface area (Å²) in [5.41, 5.74) is 4.59. The number of benzene rings is 2. The van der Waals surface area contributed by atoms with Gasteiger partial charge in [-0.25, -0.2) is 4.79 Å². The van der Waals surface area contributed by atoms with E-state index in [1.54, 1.807) is 0 Å². The molecule has 7 nitrogen and oxygen atoms in total. The van der Waals surface area contributed by atoms with Gasteiger partial charge in [0.05, 0.1) is 12.3 Å². The molecule has 2 aromatic rings. The molecule has 3 rings (SSSR count). The number of carbonyl (C=O) groups excluding carboxylic acids is 2. The van der Waals surface area contributed by atoms with Gasteiger partial charge in [0.2, 0.25) is 5.91 Å². The number of hydrogen-bond acceptors (Lipinski definition) is 4. The molecule has 3 N–H and O–H groups in total. The van der Waals surface area contributed by atoms with Crippen molar-refractivity contribution in [3.8, 4) is 11.1 Å². The van der Waals surface area contributed by atoms with Gasteiger partial charge in [-0.2, -0.15) is 0 Å². The number of ether oxygens (including phenoxy) is 1. The minimum Gasteiger partial charge on any atom is -0.481 e. The van der Waals surface area contributed by atoms with Crippen LogP contribution in [0.4, 0.5) is 4.79 Å². The second kappa shape index (κ2) is 10.8. The largest absolute Gasteiger partial charge is 0.481 e. The molecular weight excluding hydrogens is 408 g/mol. The highest BCUT2D eigenvalue weighted by molar-refractivity contribution is 5.81. The van der Waals surface area contributed by atoms with Gasteiger partial charge in [0, 0.05) is 18.5 Å². The van der Waals surface area contributed by atoms with Gasteiger partial charge >= 0.3 is 12.1 Å². The third kappa shape index (κ3) is 5.46. The van der Waals surface area contributed by atoms with Crippen molar-refractivity contribution in [3.63, 3.8) is 0 Å². The fraction of sp³-hybridized carbons (Fsp3) is 0.400. The molecule has 170 valence electrons. The van der Waals surface area contributed by atoms with E-state index in [4.69, 9.17) is 9.84 Å². The highest BCUT2D eigenvalue weighted by Gasteiger charge is 2.29. The average molecular weight is 439 g/mol. The number of alkyl carbamates (subject to hydrolysis) is 1. The molecule has 0 fully saturated rings. The average Bonchev–Trinajstić information content (AvgIpc) is 3.11. The minimum absolute atomic E-state index is 0.0280. The van der Waals surface area contributed by atoms with Crippen molar-refractivity contribution in [2.75, 3.05) is 13.2 Å². The number of carboxylic acid groups (broad SMARTS) is 1. The van der Waals surface area contributed by atoms with Crippen molar-refractivity contribution in [2.45, 2.75) is 45.1 Å². The zero-order valence-electron chi connectivity index (χ0n) is 18.5. The fourth-order valence-electron chi connectivity index (χ4n) is 4.11. The van der Waals surface area contributed by atoms with E-state index in [9.17, 15) is 14.4 Å². The van der Waals surface area contributed by atoms with Crippen LogP contribution < -0.4 is 10.6 Å². The van der Waals surface area contributed by atoms with E-state index in [-0.39, 0.29) is 31.4 Å². The van der Waals surface area contributed by atoms with E-state index >= 15 is 0 Å². The number of nitrogens with one attached hydrogen (secondary N) is 2. The molecule has 7 heteroatoms. The smallest absolute Gasteiger partial charge is 0.407 e. The van der Waals surface area contributed by atoms with Crippen molar-refractivity contribution in [2.24, 2.45) is 5.92 Å². The van der Waals surface area contributed by atoms with Crippen LogP contribution in [0.25, 0.3) is 11.1 Å². The van der Waals surface area contributed by atoms with Crippen LogP contribution in [0.3, 0.4) is 0 Å². The lowest BCUT2D eigenvalue weighted by Gasteiger charge is -2.20. The van der Waals surface area contributed by atoms with Crippen LogP contribution in [0.1, 0.15) is 50.2 Å². The molecule has 2 atom stereocenters. The fourth-order valence-corrected chi connectivity index (χ4v) is 4.11. The Kier molecular flexibility index (Phi) is 7.87. The van der Waals surface area contributed by atoms with Gasteiger partial charge in [0.15, 0.2) is 0 Å². The third-order valence-electron chi connectivity index (χ3n) is 5.96. The maximum atomic E-state index is 12.5. The van der Waals surface area contributed by atoms with Gasteiger partial charge in [-0.3, -0.25) is 9.59 Å². The molecule has 2 aromatic carbocycles. The van der Waals surface area contributed by atoms with Crippen molar-refractivity contribution >= 4 is 18.0 Å². The first-order valence-electron chi connectivity index (χ1n) is 11.1. The molecule has 32 heavy (non-hydrogen) atoms. The molecule has 1 aliphatic rings. The molecule has 0 bridgehead atoms. The predicted molar refractivity (Wildman–Crippen MR) is 121 cm³/mol. The number of fused-ring (bicyclic) bond motifs is 3. The van der Waals surface area contributed by atoms with Gasteiger partial charge in [-0.1, -0.05) is 62.4 Å².